The van der Waals surface area contributed by atoms with Gasteiger partial charge in [0.25, 0.3) is 0 Å². The summed E-state index contributed by atoms with van der Waals surface area (Å²) >= 11 is 0. The minimum Gasteiger partial charge on any atom is -0.496 e. The van der Waals surface area contributed by atoms with E-state index >= 15 is 0 Å². The lowest BCUT2D eigenvalue weighted by Gasteiger charge is -2.17. The maximum atomic E-state index is 14.1. The molecule has 72 heavy (non-hydrogen) atoms. The second-order valence-corrected chi connectivity index (χ2v) is 15.9. The lowest BCUT2D eigenvalue weighted by atomic mass is 9.92. The Hall–Kier alpha value is -5.97. The van der Waals surface area contributed by atoms with Crippen LogP contribution in [0.25, 0.3) is 11.1 Å². The van der Waals surface area contributed by atoms with Crippen LogP contribution in [-0.2, 0) is 25.7 Å². The highest BCUT2D eigenvalue weighted by atomic mass is 19.1. The predicted octanol–water partition coefficient (Wildman–Crippen LogP) is 19.9. The number of hydrogen-bond acceptors (Lipinski definition) is 2. The molecule has 0 bridgehead atoms. The quantitative estimate of drug-likeness (QED) is 0.0338. The monoisotopic (exact) mass is 1020 g/mol. The molecule has 1 atom stereocenters. The highest BCUT2D eigenvalue weighted by Crippen LogP contribution is 2.34. The van der Waals surface area contributed by atoms with E-state index in [1.807, 2.05) is 32.1 Å². The summed E-state index contributed by atoms with van der Waals surface area (Å²) in [5.74, 6) is 0.823. The molecule has 0 spiro atoms. The van der Waals surface area contributed by atoms with E-state index in [1.165, 1.54) is 73.7 Å². The van der Waals surface area contributed by atoms with Gasteiger partial charge in [0.1, 0.15) is 23.1 Å². The van der Waals surface area contributed by atoms with Gasteiger partial charge in [-0.2, -0.15) is 0 Å². The molecule has 0 heterocycles. The van der Waals surface area contributed by atoms with E-state index in [4.69, 9.17) is 9.47 Å². The molecule has 4 aromatic rings. The average Bonchev–Trinajstić information content (AvgIpc) is 3.34. The van der Waals surface area contributed by atoms with Crippen molar-refractivity contribution in [3.8, 4) is 11.5 Å². The van der Waals surface area contributed by atoms with Crippen molar-refractivity contribution >= 4 is 11.1 Å². The molecule has 0 aromatic heterocycles. The minimum atomic E-state index is -0.324. The highest BCUT2D eigenvalue weighted by molar-refractivity contribution is 5.78. The molecular weight excluding hydrogens is 936 g/mol. The normalized spacial score (nSPS) is 10.6. The zero-order valence-electron chi connectivity index (χ0n) is 44.7. The lowest BCUT2D eigenvalue weighted by molar-refractivity contribution is 0.400. The maximum absolute atomic E-state index is 14.1. The van der Waals surface area contributed by atoms with Crippen molar-refractivity contribution in [2.45, 2.75) is 132 Å². The van der Waals surface area contributed by atoms with Crippen LogP contribution in [0.1, 0.15) is 140 Å². The van der Waals surface area contributed by atoms with E-state index in [0.29, 0.717) is 51.6 Å². The van der Waals surface area contributed by atoms with Crippen LogP contribution in [0, 0.1) is 17.6 Å². The largest absolute Gasteiger partial charge is 0.496 e. The van der Waals surface area contributed by atoms with Crippen LogP contribution < -0.4 is 9.47 Å². The number of hydrogen-bond donors (Lipinski definition) is 0. The van der Waals surface area contributed by atoms with Gasteiger partial charge in [-0.05, 0) is 134 Å². The Morgan fingerprint density at radius 2 is 1.08 bits per heavy atom. The summed E-state index contributed by atoms with van der Waals surface area (Å²) in [5, 5.41) is 0. The summed E-state index contributed by atoms with van der Waals surface area (Å²) in [4.78, 5) is 0. The second-order valence-electron chi connectivity index (χ2n) is 15.9. The third-order valence-electron chi connectivity index (χ3n) is 10.6. The van der Waals surface area contributed by atoms with E-state index in [9.17, 15) is 17.6 Å². The Kier molecular flexibility index (Phi) is 52.4. The van der Waals surface area contributed by atoms with Crippen LogP contribution in [0.4, 0.5) is 41.1 Å². The van der Waals surface area contributed by atoms with Crippen LogP contribution >= 0.6 is 0 Å². The second kappa shape index (κ2) is 48.6. The molecule has 0 radical (unpaired) electrons. The van der Waals surface area contributed by atoms with Crippen molar-refractivity contribution in [2.75, 3.05) is 14.2 Å². The van der Waals surface area contributed by atoms with E-state index < -0.39 is 0 Å². The molecule has 0 N–H and O–H groups in total. The van der Waals surface area contributed by atoms with E-state index in [2.05, 4.69) is 96.0 Å². The van der Waals surface area contributed by atoms with Gasteiger partial charge in [0, 0.05) is 11.1 Å². The summed E-state index contributed by atoms with van der Waals surface area (Å²) in [6, 6.07) is 26.8. The maximum Gasteiger partial charge on any atom is 0.130 e. The van der Waals surface area contributed by atoms with Crippen LogP contribution in [-0.4, -0.2) is 14.2 Å². The van der Waals surface area contributed by atoms with Crippen molar-refractivity contribution in [2.24, 2.45) is 5.92 Å². The molecule has 4 rings (SSSR count). The molecule has 4 aromatic carbocycles. The van der Waals surface area contributed by atoms with Crippen molar-refractivity contribution < 1.29 is 50.6 Å². The first kappa shape index (κ1) is 77.5. The Balaban J connectivity index is -0.000000214. The van der Waals surface area contributed by atoms with E-state index in [-0.39, 0.29) is 41.0 Å². The number of methoxy groups -OCH3 is 2. The summed E-state index contributed by atoms with van der Waals surface area (Å²) < 4.78 is 64.4. The van der Waals surface area contributed by atoms with Gasteiger partial charge >= 0.3 is 0 Å². The van der Waals surface area contributed by atoms with Gasteiger partial charge in [-0.3, -0.25) is 23.5 Å². The van der Waals surface area contributed by atoms with Gasteiger partial charge in [-0.25, -0.2) is 17.6 Å². The standard InChI is InChI=1S/C22H30F2O.C21H26F2O.2C8H10.C2H6.5FH/c1-6-7-8-9-10-11-19-14-20(24)15-21(22(19)25-5)17(3)13-12-16(2)18(4)23;1-5-6-7-10-16(2)13-18-14-19(23)15-20(21(18)24-4)17(3)11-8-9-12-22;2*1-2-8-6-4-3-5-7-8;1-2;;;;;/h12-15H,3,6-11H2,1-2,4-5H3;5,8-9,11-12,14-16H,1,3,6-7,10,13H2,2,4H3;2*3-7H,2H2,1H3;1-2H3;5*1H/b13-12-,18-16-;11-8-,12-9-;;;;;;;;. The third-order valence-corrected chi connectivity index (χ3v) is 10.6. The van der Waals surface area contributed by atoms with Crippen LogP contribution in [0.2, 0.25) is 0 Å². The van der Waals surface area contributed by atoms with Gasteiger partial charge in [0.2, 0.25) is 0 Å². The fourth-order valence-corrected chi connectivity index (χ4v) is 6.76. The Morgan fingerprint density at radius 3 is 1.50 bits per heavy atom. The van der Waals surface area contributed by atoms with Crippen molar-refractivity contribution in [3.05, 3.63) is 204 Å². The predicted molar refractivity (Wildman–Crippen MR) is 297 cm³/mol. The molecule has 0 aliphatic heterocycles. The van der Waals surface area contributed by atoms with Crippen LogP contribution in [0.3, 0.4) is 0 Å². The van der Waals surface area contributed by atoms with Gasteiger partial charge in [-0.1, -0.05) is 178 Å². The molecule has 0 saturated carbocycles. The summed E-state index contributed by atoms with van der Waals surface area (Å²) in [6.07, 6.45) is 22.7. The first-order valence-corrected chi connectivity index (χ1v) is 24.0. The molecular formula is C61H87F9O2. The zero-order chi connectivity index (χ0) is 50.4. The first-order valence-electron chi connectivity index (χ1n) is 24.0. The topological polar surface area (TPSA) is 18.5 Å². The third kappa shape index (κ3) is 32.8. The van der Waals surface area contributed by atoms with Gasteiger partial charge in [0.05, 0.1) is 26.4 Å². The molecule has 0 fully saturated rings. The lowest BCUT2D eigenvalue weighted by Crippen LogP contribution is -2.04. The molecule has 2 nitrogen and oxygen atoms in total. The molecule has 0 aliphatic carbocycles. The molecule has 11 heteroatoms. The first-order chi connectivity index (χ1) is 32.3. The Labute approximate surface area is 428 Å². The number of allylic oxidation sites excluding steroid dienone is 10. The van der Waals surface area contributed by atoms with Gasteiger partial charge < -0.3 is 9.47 Å². The number of ether oxygens (including phenoxy) is 2. The smallest absolute Gasteiger partial charge is 0.130 e. The van der Waals surface area contributed by atoms with Gasteiger partial charge in [0.15, 0.2) is 0 Å². The summed E-state index contributed by atoms with van der Waals surface area (Å²) in [6.45, 7) is 27.4. The molecule has 0 saturated heterocycles. The molecule has 0 aliphatic rings. The number of halogens is 9. The SMILES string of the molecule is C=C(/C=C\C(C)=C(\C)F)c1cc(F)cc(CCCCCCC)c1OC.C=CCCCC(C)Cc1cc(F)cc(C(=C)/C=C\C=C/F)c1OC.CC.CCc1ccccc1.CCc1ccccc1.F.F.F.F.F. The highest BCUT2D eigenvalue weighted by Gasteiger charge is 2.16. The fourth-order valence-electron chi connectivity index (χ4n) is 6.76. The molecule has 1 unspecified atom stereocenters. The Morgan fingerprint density at radius 1 is 0.625 bits per heavy atom. The number of aryl methyl sites for hydroxylation is 3. The number of benzene rings is 4. The van der Waals surface area contributed by atoms with Crippen LogP contribution in [0.15, 0.2) is 159 Å². The number of unbranched alkanes of at least 4 members (excludes halogenated alkanes) is 5. The van der Waals surface area contributed by atoms with Crippen molar-refractivity contribution in [1.29, 1.82) is 0 Å². The van der Waals surface area contributed by atoms with Crippen LogP contribution in [0.5, 0.6) is 11.5 Å². The van der Waals surface area contributed by atoms with Gasteiger partial charge in [-0.15, -0.1) is 6.58 Å². The molecule has 406 valence electrons. The van der Waals surface area contributed by atoms with Crippen molar-refractivity contribution in [1.82, 2.24) is 0 Å². The van der Waals surface area contributed by atoms with Crippen molar-refractivity contribution in [3.63, 3.8) is 0 Å². The van der Waals surface area contributed by atoms with E-state index in [0.717, 1.165) is 68.9 Å². The number of rotatable bonds is 22. The fraction of sp³-hybridized carbons (Fsp3) is 0.377. The summed E-state index contributed by atoms with van der Waals surface area (Å²) in [5.41, 5.74) is 7.41. The van der Waals surface area contributed by atoms with E-state index in [1.54, 1.807) is 39.4 Å². The zero-order valence-corrected chi connectivity index (χ0v) is 44.7. The minimum absolute atomic E-state index is 0. The average molecular weight is 1020 g/mol. The summed E-state index contributed by atoms with van der Waals surface area (Å²) in [7, 11) is 3.16. The Bertz CT molecular complexity index is 2070. The molecule has 0 amide bonds.